The van der Waals surface area contributed by atoms with Gasteiger partial charge in [-0.25, -0.2) is 4.68 Å². The van der Waals surface area contributed by atoms with E-state index < -0.39 is 0 Å². The Balaban J connectivity index is 1.41. The Morgan fingerprint density at radius 1 is 1.08 bits per heavy atom. The number of rotatable bonds is 4. The molecule has 1 atom stereocenters. The zero-order chi connectivity index (χ0) is 17.9. The second-order valence-electron chi connectivity index (χ2n) is 7.10. The van der Waals surface area contributed by atoms with Crippen molar-refractivity contribution in [1.29, 1.82) is 0 Å². The molecular formula is C19H23N5O2. The van der Waals surface area contributed by atoms with E-state index in [1.165, 1.54) is 0 Å². The van der Waals surface area contributed by atoms with Gasteiger partial charge in [-0.3, -0.25) is 19.5 Å². The Labute approximate surface area is 152 Å². The first-order valence-electron chi connectivity index (χ1n) is 9.21. The molecule has 0 radical (unpaired) electrons. The maximum absolute atomic E-state index is 12.2. The molecule has 0 aromatic carbocycles. The fourth-order valence-electron chi connectivity index (χ4n) is 3.75. The standard InChI is InChI=1S/C19H23N5O2/c25-18-5-4-16(15-6-9-20-10-7-15)22-24(18)13-14-11-23(12-14)17-3-1-2-8-21-19(17)26/h4-7,9-10,14,17H,1-3,8,11-13H2,(H,21,26). The summed E-state index contributed by atoms with van der Waals surface area (Å²) in [6, 6.07) is 7.07. The van der Waals surface area contributed by atoms with Crippen LogP contribution in [-0.2, 0) is 11.3 Å². The second-order valence-corrected chi connectivity index (χ2v) is 7.10. The highest BCUT2D eigenvalue weighted by atomic mass is 16.2. The van der Waals surface area contributed by atoms with E-state index in [4.69, 9.17) is 0 Å². The molecule has 2 aliphatic rings. The molecule has 0 aliphatic carbocycles. The van der Waals surface area contributed by atoms with Crippen LogP contribution in [-0.4, -0.2) is 51.2 Å². The van der Waals surface area contributed by atoms with Gasteiger partial charge in [-0.15, -0.1) is 0 Å². The van der Waals surface area contributed by atoms with Crippen LogP contribution in [0.25, 0.3) is 11.3 Å². The Morgan fingerprint density at radius 3 is 2.69 bits per heavy atom. The molecule has 4 heterocycles. The monoisotopic (exact) mass is 353 g/mol. The van der Waals surface area contributed by atoms with Gasteiger partial charge in [0.05, 0.1) is 18.3 Å². The number of carbonyl (C=O) groups is 1. The van der Waals surface area contributed by atoms with Crippen molar-refractivity contribution in [1.82, 2.24) is 25.0 Å². The molecule has 26 heavy (non-hydrogen) atoms. The van der Waals surface area contributed by atoms with Crippen LogP contribution in [0.2, 0.25) is 0 Å². The van der Waals surface area contributed by atoms with Crippen molar-refractivity contribution in [2.75, 3.05) is 19.6 Å². The zero-order valence-corrected chi connectivity index (χ0v) is 14.7. The third-order valence-corrected chi connectivity index (χ3v) is 5.21. The third kappa shape index (κ3) is 3.53. The number of pyridine rings is 1. The normalized spacial score (nSPS) is 21.7. The second kappa shape index (κ2) is 7.37. The summed E-state index contributed by atoms with van der Waals surface area (Å²) in [6.07, 6.45) is 6.50. The van der Waals surface area contributed by atoms with Crippen molar-refractivity contribution >= 4 is 5.91 Å². The summed E-state index contributed by atoms with van der Waals surface area (Å²) in [6.45, 7) is 3.05. The smallest absolute Gasteiger partial charge is 0.266 e. The quantitative estimate of drug-likeness (QED) is 0.884. The van der Waals surface area contributed by atoms with Crippen molar-refractivity contribution < 1.29 is 4.79 Å². The van der Waals surface area contributed by atoms with Crippen molar-refractivity contribution in [3.8, 4) is 11.3 Å². The molecule has 0 spiro atoms. The Kier molecular flexibility index (Phi) is 4.79. The summed E-state index contributed by atoms with van der Waals surface area (Å²) in [4.78, 5) is 30.6. The average Bonchev–Trinajstić information content (AvgIpc) is 2.84. The van der Waals surface area contributed by atoms with Gasteiger partial charge >= 0.3 is 0 Å². The fourth-order valence-corrected chi connectivity index (χ4v) is 3.75. The van der Waals surface area contributed by atoms with Gasteiger partial charge < -0.3 is 5.32 Å². The third-order valence-electron chi connectivity index (χ3n) is 5.21. The van der Waals surface area contributed by atoms with Crippen molar-refractivity contribution in [2.24, 2.45) is 5.92 Å². The van der Waals surface area contributed by atoms with E-state index in [1.54, 1.807) is 29.2 Å². The average molecular weight is 353 g/mol. The van der Waals surface area contributed by atoms with Gasteiger partial charge in [0.15, 0.2) is 0 Å². The molecule has 7 nitrogen and oxygen atoms in total. The van der Waals surface area contributed by atoms with Gasteiger partial charge in [0.2, 0.25) is 5.91 Å². The first-order valence-corrected chi connectivity index (χ1v) is 9.21. The lowest BCUT2D eigenvalue weighted by atomic mass is 9.95. The molecular weight excluding hydrogens is 330 g/mol. The molecule has 136 valence electrons. The highest BCUT2D eigenvalue weighted by molar-refractivity contribution is 5.82. The number of aromatic nitrogens is 3. The summed E-state index contributed by atoms with van der Waals surface area (Å²) in [7, 11) is 0. The molecule has 7 heteroatoms. The van der Waals surface area contributed by atoms with E-state index in [-0.39, 0.29) is 17.5 Å². The molecule has 2 aromatic rings. The Morgan fingerprint density at radius 2 is 1.88 bits per heavy atom. The van der Waals surface area contributed by atoms with E-state index in [9.17, 15) is 9.59 Å². The van der Waals surface area contributed by atoms with Gasteiger partial charge in [-0.2, -0.15) is 5.10 Å². The molecule has 4 rings (SSSR count). The first-order chi connectivity index (χ1) is 12.7. The van der Waals surface area contributed by atoms with Crippen molar-refractivity contribution in [3.05, 3.63) is 47.0 Å². The topological polar surface area (TPSA) is 80.1 Å². The minimum absolute atomic E-state index is 0.0124. The van der Waals surface area contributed by atoms with Crippen LogP contribution in [0.1, 0.15) is 19.3 Å². The van der Waals surface area contributed by atoms with Crippen molar-refractivity contribution in [2.45, 2.75) is 31.8 Å². The van der Waals surface area contributed by atoms with Gasteiger partial charge in [-0.05, 0) is 37.5 Å². The van der Waals surface area contributed by atoms with Crippen LogP contribution in [0.15, 0.2) is 41.5 Å². The molecule has 0 saturated carbocycles. The summed E-state index contributed by atoms with van der Waals surface area (Å²) in [5, 5.41) is 7.50. The van der Waals surface area contributed by atoms with Gasteiger partial charge in [0.1, 0.15) is 0 Å². The van der Waals surface area contributed by atoms with E-state index in [1.807, 2.05) is 12.1 Å². The SMILES string of the molecule is O=C1NCCCCC1N1CC(Cn2nc(-c3ccncc3)ccc2=O)C1. The van der Waals surface area contributed by atoms with Crippen LogP contribution >= 0.6 is 0 Å². The number of amides is 1. The van der Waals surface area contributed by atoms with Crippen molar-refractivity contribution in [3.63, 3.8) is 0 Å². The number of likely N-dealkylation sites (tertiary alicyclic amines) is 1. The van der Waals surface area contributed by atoms with Crippen LogP contribution in [0.5, 0.6) is 0 Å². The van der Waals surface area contributed by atoms with Gasteiger partial charge in [-0.1, -0.05) is 0 Å². The van der Waals surface area contributed by atoms with Crippen LogP contribution in [0.3, 0.4) is 0 Å². The molecule has 1 amide bonds. The fraction of sp³-hybridized carbons (Fsp3) is 0.474. The predicted octanol–water partition coefficient (Wildman–Crippen LogP) is 0.906. The Bertz CT molecular complexity index is 829. The van der Waals surface area contributed by atoms with Gasteiger partial charge in [0.25, 0.3) is 5.56 Å². The van der Waals surface area contributed by atoms with E-state index in [2.05, 4.69) is 20.3 Å². The lowest BCUT2D eigenvalue weighted by Crippen LogP contribution is -2.58. The van der Waals surface area contributed by atoms with Crippen LogP contribution in [0, 0.1) is 5.92 Å². The lowest BCUT2D eigenvalue weighted by Gasteiger charge is -2.43. The van der Waals surface area contributed by atoms with E-state index >= 15 is 0 Å². The lowest BCUT2D eigenvalue weighted by molar-refractivity contribution is -0.129. The minimum Gasteiger partial charge on any atom is -0.355 e. The molecule has 2 aromatic heterocycles. The van der Waals surface area contributed by atoms with E-state index in [0.717, 1.165) is 50.2 Å². The van der Waals surface area contributed by atoms with Gasteiger partial charge in [0, 0.05) is 49.6 Å². The maximum atomic E-state index is 12.2. The van der Waals surface area contributed by atoms with Crippen LogP contribution < -0.4 is 10.9 Å². The number of carbonyl (C=O) groups excluding carboxylic acids is 1. The zero-order valence-electron chi connectivity index (χ0n) is 14.7. The van der Waals surface area contributed by atoms with Crippen LogP contribution in [0.4, 0.5) is 0 Å². The highest BCUT2D eigenvalue weighted by Gasteiger charge is 2.36. The molecule has 2 aliphatic heterocycles. The summed E-state index contributed by atoms with van der Waals surface area (Å²) in [5.41, 5.74) is 1.62. The van der Waals surface area contributed by atoms with E-state index in [0.29, 0.717) is 12.5 Å². The maximum Gasteiger partial charge on any atom is 0.266 e. The molecule has 0 bridgehead atoms. The number of hydrogen-bond donors (Lipinski definition) is 1. The number of nitrogens with one attached hydrogen (secondary N) is 1. The number of nitrogens with zero attached hydrogens (tertiary/aromatic N) is 4. The highest BCUT2D eigenvalue weighted by Crippen LogP contribution is 2.24. The first kappa shape index (κ1) is 16.9. The largest absolute Gasteiger partial charge is 0.355 e. The molecule has 2 saturated heterocycles. The summed E-state index contributed by atoms with van der Waals surface area (Å²) in [5.74, 6) is 0.500. The minimum atomic E-state index is -0.0894. The molecule has 2 fully saturated rings. The summed E-state index contributed by atoms with van der Waals surface area (Å²) >= 11 is 0. The molecule has 1 N–H and O–H groups in total. The summed E-state index contributed by atoms with van der Waals surface area (Å²) < 4.78 is 1.55. The number of hydrogen-bond acceptors (Lipinski definition) is 5. The Hall–Kier alpha value is -2.54. The molecule has 1 unspecified atom stereocenters. The predicted molar refractivity (Wildman–Crippen MR) is 97.4 cm³/mol.